The molecule has 3 heteroatoms. The van der Waals surface area contributed by atoms with Crippen molar-refractivity contribution in [2.24, 2.45) is 5.73 Å². The first-order valence-corrected chi connectivity index (χ1v) is 7.08. The molecule has 3 rings (SSSR count). The number of rotatable bonds is 3. The summed E-state index contributed by atoms with van der Waals surface area (Å²) in [5.74, 6) is 0.881. The molecule has 0 spiro atoms. The zero-order chi connectivity index (χ0) is 14.2. The van der Waals surface area contributed by atoms with Gasteiger partial charge in [0.1, 0.15) is 11.7 Å². The molecule has 0 fully saturated rings. The van der Waals surface area contributed by atoms with E-state index < -0.39 is 0 Å². The highest BCUT2D eigenvalue weighted by Crippen LogP contribution is 2.47. The molecule has 1 aromatic carbocycles. The van der Waals surface area contributed by atoms with Crippen molar-refractivity contribution in [3.05, 3.63) is 60.2 Å². The molecule has 2 heterocycles. The summed E-state index contributed by atoms with van der Waals surface area (Å²) in [5.41, 5.74) is 10.1. The molecule has 1 aromatic heterocycles. The molecular formula is C17H20N3+. The molecule has 2 unspecified atom stereocenters. The topological polar surface area (TPSA) is 38.9 Å². The number of aromatic nitrogens is 1. The van der Waals surface area contributed by atoms with Crippen LogP contribution in [-0.2, 0) is 0 Å². The van der Waals surface area contributed by atoms with Crippen LogP contribution >= 0.6 is 0 Å². The number of benzene rings is 1. The Kier molecular flexibility index (Phi) is 3.07. The number of nitrogens with two attached hydrogens (primary N) is 1. The Morgan fingerprint density at radius 1 is 1.15 bits per heavy atom. The number of hydrogen-bond acceptors (Lipinski definition) is 2. The number of nitrogens with zero attached hydrogens (tertiary/aromatic N) is 2. The molecule has 0 amide bonds. The smallest absolute Gasteiger partial charge is 0.210 e. The molecule has 0 saturated heterocycles. The van der Waals surface area contributed by atoms with Gasteiger partial charge in [0.2, 0.25) is 5.82 Å². The molecule has 0 aliphatic carbocycles. The summed E-state index contributed by atoms with van der Waals surface area (Å²) in [4.78, 5) is 4.14. The normalized spacial score (nSPS) is 22.2. The zero-order valence-electron chi connectivity index (χ0n) is 12.0. The lowest BCUT2D eigenvalue weighted by molar-refractivity contribution is 0.361. The number of pyridine rings is 1. The molecule has 0 radical (unpaired) electrons. The molecule has 3 nitrogen and oxygen atoms in total. The molecule has 2 N–H and O–H groups in total. The van der Waals surface area contributed by atoms with Crippen LogP contribution in [-0.4, -0.2) is 11.0 Å². The predicted octanol–water partition coefficient (Wildman–Crippen LogP) is 3.79. The van der Waals surface area contributed by atoms with Crippen LogP contribution in [0.3, 0.4) is 0 Å². The third-order valence-corrected chi connectivity index (χ3v) is 4.35. The first-order chi connectivity index (χ1) is 9.71. The fraction of sp³-hybridized carbons (Fsp3) is 0.235. The van der Waals surface area contributed by atoms with E-state index in [1.165, 1.54) is 16.9 Å². The molecule has 2 aromatic rings. The largest absolute Gasteiger partial charge is 0.354 e. The van der Waals surface area contributed by atoms with Crippen LogP contribution in [0.25, 0.3) is 6.08 Å². The standard InChI is InChI=1S/C17H20N3/c1-3-13(2)20(15-8-10-19-11-9-15)16-7-5-4-6-14(16)12-17(20)18/h4-13H,3,18H2,1-2H3/q+1. The minimum absolute atomic E-state index is 0.372. The van der Waals surface area contributed by atoms with E-state index in [4.69, 9.17) is 5.73 Å². The third kappa shape index (κ3) is 1.60. The molecule has 102 valence electrons. The summed E-state index contributed by atoms with van der Waals surface area (Å²) in [6.07, 6.45) is 6.82. The van der Waals surface area contributed by atoms with Crippen molar-refractivity contribution in [1.82, 2.24) is 9.47 Å². The summed E-state index contributed by atoms with van der Waals surface area (Å²) >= 11 is 0. The maximum atomic E-state index is 6.49. The van der Waals surface area contributed by atoms with Crippen molar-refractivity contribution in [3.63, 3.8) is 0 Å². The first-order valence-electron chi connectivity index (χ1n) is 7.08. The van der Waals surface area contributed by atoms with Gasteiger partial charge in [0, 0.05) is 42.2 Å². The Bertz CT molecular complexity index is 648. The van der Waals surface area contributed by atoms with E-state index in [0.717, 1.165) is 12.2 Å². The average Bonchev–Trinajstić information content (AvgIpc) is 2.80. The van der Waals surface area contributed by atoms with Crippen LogP contribution in [0.15, 0.2) is 54.6 Å². The van der Waals surface area contributed by atoms with Crippen molar-refractivity contribution in [3.8, 4) is 0 Å². The van der Waals surface area contributed by atoms with Gasteiger partial charge in [-0.25, -0.2) is 4.48 Å². The lowest BCUT2D eigenvalue weighted by atomic mass is 10.1. The van der Waals surface area contributed by atoms with Gasteiger partial charge in [-0.2, -0.15) is 0 Å². The quantitative estimate of drug-likeness (QED) is 0.858. The number of hydrogen-bond donors (Lipinski definition) is 1. The van der Waals surface area contributed by atoms with Gasteiger partial charge in [-0.05, 0) is 19.4 Å². The van der Waals surface area contributed by atoms with Crippen LogP contribution in [0.4, 0.5) is 11.4 Å². The molecule has 1 aliphatic heterocycles. The minimum atomic E-state index is 0.372. The van der Waals surface area contributed by atoms with Gasteiger partial charge in [-0.1, -0.05) is 19.1 Å². The monoisotopic (exact) mass is 266 g/mol. The van der Waals surface area contributed by atoms with E-state index in [9.17, 15) is 0 Å². The molecule has 0 saturated carbocycles. The summed E-state index contributed by atoms with van der Waals surface area (Å²) in [6, 6.07) is 13.0. The second kappa shape index (κ2) is 4.76. The van der Waals surface area contributed by atoms with Crippen molar-refractivity contribution < 1.29 is 0 Å². The minimum Gasteiger partial charge on any atom is -0.354 e. The van der Waals surface area contributed by atoms with Crippen LogP contribution in [0.5, 0.6) is 0 Å². The van der Waals surface area contributed by atoms with Crippen LogP contribution < -0.4 is 10.2 Å². The first kappa shape index (κ1) is 12.9. The SMILES string of the molecule is CCC(C)[N+]1(c2ccncc2)C(N)=Cc2ccccc21. The zero-order valence-corrected chi connectivity index (χ0v) is 12.0. The fourth-order valence-corrected chi connectivity index (χ4v) is 3.22. The van der Waals surface area contributed by atoms with Crippen molar-refractivity contribution in [2.75, 3.05) is 0 Å². The van der Waals surface area contributed by atoms with Crippen molar-refractivity contribution in [1.29, 1.82) is 0 Å². The van der Waals surface area contributed by atoms with Gasteiger partial charge in [0.25, 0.3) is 0 Å². The maximum Gasteiger partial charge on any atom is 0.210 e. The highest BCUT2D eigenvalue weighted by Gasteiger charge is 2.46. The van der Waals surface area contributed by atoms with E-state index in [0.29, 0.717) is 10.5 Å². The molecular weight excluding hydrogens is 246 g/mol. The Labute approximate surface area is 120 Å². The Morgan fingerprint density at radius 3 is 2.55 bits per heavy atom. The van der Waals surface area contributed by atoms with E-state index in [1.54, 1.807) is 0 Å². The second-order valence-corrected chi connectivity index (χ2v) is 5.31. The number of para-hydroxylation sites is 1. The molecule has 20 heavy (non-hydrogen) atoms. The summed E-state index contributed by atoms with van der Waals surface area (Å²) in [5, 5.41) is 0. The average molecular weight is 266 g/mol. The molecule has 1 aliphatic rings. The third-order valence-electron chi connectivity index (χ3n) is 4.35. The molecule has 2 atom stereocenters. The van der Waals surface area contributed by atoms with Gasteiger partial charge in [-0.3, -0.25) is 4.98 Å². The summed E-state index contributed by atoms with van der Waals surface area (Å²) < 4.78 is 0.606. The lowest BCUT2D eigenvalue weighted by Gasteiger charge is -2.39. The van der Waals surface area contributed by atoms with Crippen LogP contribution in [0.2, 0.25) is 0 Å². The van der Waals surface area contributed by atoms with E-state index in [-0.39, 0.29) is 0 Å². The fourth-order valence-electron chi connectivity index (χ4n) is 3.22. The van der Waals surface area contributed by atoms with Gasteiger partial charge < -0.3 is 5.73 Å². The van der Waals surface area contributed by atoms with E-state index in [1.807, 2.05) is 12.4 Å². The highest BCUT2D eigenvalue weighted by molar-refractivity contribution is 5.81. The Hall–Kier alpha value is -2.13. The second-order valence-electron chi connectivity index (χ2n) is 5.31. The van der Waals surface area contributed by atoms with Crippen LogP contribution in [0.1, 0.15) is 25.8 Å². The van der Waals surface area contributed by atoms with Gasteiger partial charge in [0.15, 0.2) is 5.69 Å². The van der Waals surface area contributed by atoms with Crippen molar-refractivity contribution >= 4 is 17.5 Å². The number of fused-ring (bicyclic) bond motifs is 1. The van der Waals surface area contributed by atoms with E-state index in [2.05, 4.69) is 61.3 Å². The Balaban J connectivity index is 2.31. The Morgan fingerprint density at radius 2 is 1.85 bits per heavy atom. The van der Waals surface area contributed by atoms with Crippen LogP contribution in [0, 0.1) is 0 Å². The lowest BCUT2D eigenvalue weighted by Crippen LogP contribution is -2.51. The van der Waals surface area contributed by atoms with E-state index >= 15 is 0 Å². The summed E-state index contributed by atoms with van der Waals surface area (Å²) in [6.45, 7) is 4.46. The highest BCUT2D eigenvalue weighted by atomic mass is 15.4. The van der Waals surface area contributed by atoms with Gasteiger partial charge in [-0.15, -0.1) is 0 Å². The predicted molar refractivity (Wildman–Crippen MR) is 84.1 cm³/mol. The van der Waals surface area contributed by atoms with Gasteiger partial charge in [0.05, 0.1) is 0 Å². The maximum absolute atomic E-state index is 6.49. The summed E-state index contributed by atoms with van der Waals surface area (Å²) in [7, 11) is 0. The molecule has 0 bridgehead atoms. The van der Waals surface area contributed by atoms with Gasteiger partial charge >= 0.3 is 0 Å². The number of quaternary nitrogens is 1. The van der Waals surface area contributed by atoms with Crippen molar-refractivity contribution in [2.45, 2.75) is 26.3 Å².